The smallest absolute Gasteiger partial charge is 0.329 e. The van der Waals surface area contributed by atoms with Gasteiger partial charge in [-0.15, -0.1) is 0 Å². The lowest BCUT2D eigenvalue weighted by molar-refractivity contribution is -0.148. The number of para-hydroxylation sites is 1. The predicted molar refractivity (Wildman–Crippen MR) is 102 cm³/mol. The van der Waals surface area contributed by atoms with E-state index in [0.717, 1.165) is 16.0 Å². The summed E-state index contributed by atoms with van der Waals surface area (Å²) in [5, 5.41) is 0. The monoisotopic (exact) mass is 392 g/mol. The van der Waals surface area contributed by atoms with Gasteiger partial charge in [-0.05, 0) is 29.3 Å². The minimum atomic E-state index is -0.951. The van der Waals surface area contributed by atoms with Gasteiger partial charge in [0.25, 0.3) is 0 Å². The maximum Gasteiger partial charge on any atom is 0.329 e. The highest BCUT2D eigenvalue weighted by atomic mass is 19.1. The number of carbonyl (C=O) groups excluding carboxylic acids is 3. The molecule has 0 unspecified atom stereocenters. The van der Waals surface area contributed by atoms with E-state index in [1.807, 2.05) is 30.3 Å². The van der Waals surface area contributed by atoms with Gasteiger partial charge in [-0.3, -0.25) is 9.59 Å². The molecule has 2 fully saturated rings. The van der Waals surface area contributed by atoms with Crippen molar-refractivity contribution < 1.29 is 23.5 Å². The molecule has 3 aliphatic rings. The second kappa shape index (κ2) is 6.27. The summed E-state index contributed by atoms with van der Waals surface area (Å²) in [5.41, 5.74) is 1.68. The first-order valence-electron chi connectivity index (χ1n) is 9.29. The standard InChI is InChI=1S/C22H17FN2O4/c1-29-22(28)19-17-16(18-13-7-3-2-6-12(13)10-11-24(18)19)20(26)25(21(17)27)15-9-5-4-8-14(15)23/h2-11,16-19H,1H3/t16-,17+,18+,19-/m0/s1. The second-order valence-corrected chi connectivity index (χ2v) is 7.32. The van der Waals surface area contributed by atoms with E-state index >= 15 is 0 Å². The van der Waals surface area contributed by atoms with Crippen LogP contribution in [0.2, 0.25) is 0 Å². The Morgan fingerprint density at radius 1 is 1.00 bits per heavy atom. The zero-order valence-electron chi connectivity index (χ0n) is 15.5. The molecule has 0 N–H and O–H groups in total. The Bertz CT molecular complexity index is 1080. The van der Waals surface area contributed by atoms with Gasteiger partial charge in [-0.25, -0.2) is 14.1 Å². The molecule has 2 amide bonds. The zero-order chi connectivity index (χ0) is 20.3. The molecule has 2 aromatic rings. The van der Waals surface area contributed by atoms with Crippen LogP contribution in [-0.4, -0.2) is 35.8 Å². The van der Waals surface area contributed by atoms with Crippen molar-refractivity contribution in [3.8, 4) is 0 Å². The van der Waals surface area contributed by atoms with Gasteiger partial charge in [0.2, 0.25) is 11.8 Å². The zero-order valence-corrected chi connectivity index (χ0v) is 15.5. The molecular weight excluding hydrogens is 375 g/mol. The number of amides is 2. The number of halogens is 1. The number of rotatable bonds is 2. The van der Waals surface area contributed by atoms with Gasteiger partial charge in [0.1, 0.15) is 11.9 Å². The summed E-state index contributed by atoms with van der Waals surface area (Å²) in [5.74, 6) is -4.10. The summed E-state index contributed by atoms with van der Waals surface area (Å²) in [4.78, 5) is 42.0. The number of nitrogens with zero attached hydrogens (tertiary/aromatic N) is 2. The van der Waals surface area contributed by atoms with Crippen molar-refractivity contribution in [2.45, 2.75) is 12.1 Å². The maximum atomic E-state index is 14.4. The van der Waals surface area contributed by atoms with E-state index in [1.54, 1.807) is 17.2 Å². The Kier molecular flexibility index (Phi) is 3.81. The number of imide groups is 1. The van der Waals surface area contributed by atoms with Crippen LogP contribution in [0.4, 0.5) is 10.1 Å². The van der Waals surface area contributed by atoms with Crippen molar-refractivity contribution in [2.24, 2.45) is 11.8 Å². The first kappa shape index (κ1) is 17.6. The van der Waals surface area contributed by atoms with E-state index in [2.05, 4.69) is 0 Å². The first-order valence-corrected chi connectivity index (χ1v) is 9.29. The minimum Gasteiger partial charge on any atom is -0.467 e. The van der Waals surface area contributed by atoms with Gasteiger partial charge in [0.15, 0.2) is 0 Å². The third kappa shape index (κ3) is 2.30. The lowest BCUT2D eigenvalue weighted by Crippen LogP contribution is -2.44. The third-order valence-electron chi connectivity index (χ3n) is 6.00. The van der Waals surface area contributed by atoms with Gasteiger partial charge >= 0.3 is 5.97 Å². The molecule has 2 aromatic carbocycles. The van der Waals surface area contributed by atoms with Gasteiger partial charge < -0.3 is 9.64 Å². The summed E-state index contributed by atoms with van der Waals surface area (Å²) in [6, 6.07) is 11.7. The highest BCUT2D eigenvalue weighted by molar-refractivity contribution is 6.24. The van der Waals surface area contributed by atoms with Crippen LogP contribution >= 0.6 is 0 Å². The molecule has 6 nitrogen and oxygen atoms in total. The van der Waals surface area contributed by atoms with E-state index in [1.165, 1.54) is 25.3 Å². The molecule has 0 bridgehead atoms. The van der Waals surface area contributed by atoms with Gasteiger partial charge in [0.05, 0.1) is 30.7 Å². The Morgan fingerprint density at radius 2 is 1.69 bits per heavy atom. The van der Waals surface area contributed by atoms with Gasteiger partial charge in [0, 0.05) is 6.20 Å². The molecule has 146 valence electrons. The summed E-state index contributed by atoms with van der Waals surface area (Å²) >= 11 is 0. The molecule has 0 aromatic heterocycles. The van der Waals surface area contributed by atoms with Crippen LogP contribution in [0.1, 0.15) is 17.2 Å². The molecule has 3 aliphatic heterocycles. The van der Waals surface area contributed by atoms with Crippen molar-refractivity contribution in [2.75, 3.05) is 12.0 Å². The largest absolute Gasteiger partial charge is 0.467 e. The number of anilines is 1. The van der Waals surface area contributed by atoms with E-state index < -0.39 is 47.5 Å². The molecule has 29 heavy (non-hydrogen) atoms. The lowest BCUT2D eigenvalue weighted by Gasteiger charge is -2.34. The summed E-state index contributed by atoms with van der Waals surface area (Å²) in [7, 11) is 1.25. The number of benzene rings is 2. The van der Waals surface area contributed by atoms with Crippen molar-refractivity contribution in [3.05, 3.63) is 71.7 Å². The highest BCUT2D eigenvalue weighted by Gasteiger charge is 2.65. The van der Waals surface area contributed by atoms with Crippen LogP contribution < -0.4 is 4.90 Å². The van der Waals surface area contributed by atoms with Crippen molar-refractivity contribution in [3.63, 3.8) is 0 Å². The molecule has 4 atom stereocenters. The van der Waals surface area contributed by atoms with E-state index in [9.17, 15) is 18.8 Å². The Balaban J connectivity index is 1.67. The van der Waals surface area contributed by atoms with Crippen LogP contribution in [0.5, 0.6) is 0 Å². The van der Waals surface area contributed by atoms with Crippen LogP contribution in [0, 0.1) is 17.7 Å². The summed E-state index contributed by atoms with van der Waals surface area (Å²) < 4.78 is 19.4. The summed E-state index contributed by atoms with van der Waals surface area (Å²) in [6.45, 7) is 0. The average molecular weight is 392 g/mol. The maximum absolute atomic E-state index is 14.4. The predicted octanol–water partition coefficient (Wildman–Crippen LogP) is 2.51. The third-order valence-corrected chi connectivity index (χ3v) is 6.00. The SMILES string of the molecule is COC(=O)[C@@H]1[C@@H]2C(=O)N(c3ccccc3F)C(=O)[C@@H]2[C@H]2c3ccccc3C=CN12. The number of carbonyl (C=O) groups is 3. The first-order chi connectivity index (χ1) is 14.0. The molecule has 7 heteroatoms. The fraction of sp³-hybridized carbons (Fsp3) is 0.227. The Morgan fingerprint density at radius 3 is 2.45 bits per heavy atom. The number of fused-ring (bicyclic) bond motifs is 5. The Labute approximate surface area is 166 Å². The number of esters is 1. The van der Waals surface area contributed by atoms with Crippen LogP contribution in [0.3, 0.4) is 0 Å². The minimum absolute atomic E-state index is 0.0910. The Hall–Kier alpha value is -3.48. The second-order valence-electron chi connectivity index (χ2n) is 7.32. The van der Waals surface area contributed by atoms with E-state index in [-0.39, 0.29) is 5.69 Å². The fourth-order valence-corrected chi connectivity index (χ4v) is 4.82. The van der Waals surface area contributed by atoms with E-state index in [4.69, 9.17) is 4.74 Å². The van der Waals surface area contributed by atoms with Crippen molar-refractivity contribution in [1.82, 2.24) is 4.90 Å². The topological polar surface area (TPSA) is 66.9 Å². The van der Waals surface area contributed by atoms with E-state index in [0.29, 0.717) is 0 Å². The van der Waals surface area contributed by atoms with Crippen molar-refractivity contribution >= 4 is 29.5 Å². The molecule has 5 rings (SSSR count). The van der Waals surface area contributed by atoms with Crippen LogP contribution in [-0.2, 0) is 19.1 Å². The highest BCUT2D eigenvalue weighted by Crippen LogP contribution is 2.53. The number of methoxy groups -OCH3 is 1. The van der Waals surface area contributed by atoms with Gasteiger partial charge in [-0.1, -0.05) is 36.4 Å². The lowest BCUT2D eigenvalue weighted by atomic mass is 9.84. The molecule has 3 heterocycles. The molecular formula is C22H17FN2O4. The quantitative estimate of drug-likeness (QED) is 0.580. The van der Waals surface area contributed by atoms with Crippen LogP contribution in [0.25, 0.3) is 6.08 Å². The number of hydrogen-bond acceptors (Lipinski definition) is 5. The molecule has 2 saturated heterocycles. The average Bonchev–Trinajstić information content (AvgIpc) is 3.21. The number of hydrogen-bond donors (Lipinski definition) is 0. The van der Waals surface area contributed by atoms with Gasteiger partial charge in [-0.2, -0.15) is 0 Å². The molecule has 0 saturated carbocycles. The number of ether oxygens (including phenoxy) is 1. The molecule has 0 aliphatic carbocycles. The fourth-order valence-electron chi connectivity index (χ4n) is 4.82. The molecule has 0 radical (unpaired) electrons. The molecule has 0 spiro atoms. The normalized spacial score (nSPS) is 27.0. The summed E-state index contributed by atoms with van der Waals surface area (Å²) in [6.07, 6.45) is 3.59. The van der Waals surface area contributed by atoms with Crippen molar-refractivity contribution in [1.29, 1.82) is 0 Å². The van der Waals surface area contributed by atoms with Crippen LogP contribution in [0.15, 0.2) is 54.7 Å².